The number of H-pyrrole nitrogens is 1. The van der Waals surface area contributed by atoms with Crippen LogP contribution in [0.2, 0.25) is 0 Å². The number of aromatic amines is 1. The van der Waals surface area contributed by atoms with Crippen molar-refractivity contribution in [2.24, 2.45) is 0 Å². The summed E-state index contributed by atoms with van der Waals surface area (Å²) in [4.78, 5) is 12.0. The van der Waals surface area contributed by atoms with Crippen LogP contribution in [-0.2, 0) is 6.54 Å². The van der Waals surface area contributed by atoms with Crippen LogP contribution in [0.15, 0.2) is 36.8 Å². The van der Waals surface area contributed by atoms with Crippen molar-refractivity contribution < 1.29 is 4.39 Å². The molecule has 5 heteroatoms. The molecular formula is C16H21FN4. The molecule has 1 fully saturated rings. The molecule has 0 aliphatic carbocycles. The molecule has 0 unspecified atom stereocenters. The Bertz CT molecular complexity index is 561. The first-order valence-electron chi connectivity index (χ1n) is 7.41. The second-order valence-electron chi connectivity index (χ2n) is 5.62. The van der Waals surface area contributed by atoms with Crippen molar-refractivity contribution in [1.82, 2.24) is 19.8 Å². The van der Waals surface area contributed by atoms with E-state index in [2.05, 4.69) is 26.7 Å². The zero-order valence-corrected chi connectivity index (χ0v) is 12.3. The summed E-state index contributed by atoms with van der Waals surface area (Å²) in [5.41, 5.74) is 2.21. The predicted octanol–water partition coefficient (Wildman–Crippen LogP) is 2.43. The topological polar surface area (TPSA) is 35.2 Å². The molecular weight excluding hydrogens is 267 g/mol. The number of aromatic nitrogens is 2. The Balaban J connectivity index is 1.55. The standard InChI is InChI=1S/C16H21FN4/c1-13(14-3-2-4-15(17)9-14)21-7-5-20(6-8-21)11-16-10-18-12-19-16/h2-4,9-10,12-13H,5-8,11H2,1H3,(H,18,19)/t13-/m0/s1. The fourth-order valence-corrected chi connectivity index (χ4v) is 2.90. The molecule has 2 aromatic rings. The summed E-state index contributed by atoms with van der Waals surface area (Å²) in [7, 11) is 0. The van der Waals surface area contributed by atoms with Crippen LogP contribution in [0.1, 0.15) is 24.2 Å². The van der Waals surface area contributed by atoms with Gasteiger partial charge in [0.15, 0.2) is 0 Å². The first-order chi connectivity index (χ1) is 10.2. The smallest absolute Gasteiger partial charge is 0.123 e. The van der Waals surface area contributed by atoms with Gasteiger partial charge in [-0.05, 0) is 24.6 Å². The minimum Gasteiger partial charge on any atom is -0.347 e. The van der Waals surface area contributed by atoms with E-state index in [9.17, 15) is 4.39 Å². The highest BCUT2D eigenvalue weighted by Gasteiger charge is 2.22. The summed E-state index contributed by atoms with van der Waals surface area (Å²) < 4.78 is 13.3. The highest BCUT2D eigenvalue weighted by atomic mass is 19.1. The summed E-state index contributed by atoms with van der Waals surface area (Å²) in [6, 6.07) is 7.19. The van der Waals surface area contributed by atoms with Crippen LogP contribution in [0.5, 0.6) is 0 Å². The van der Waals surface area contributed by atoms with Gasteiger partial charge in [-0.25, -0.2) is 9.37 Å². The number of rotatable bonds is 4. The van der Waals surface area contributed by atoms with E-state index in [1.165, 1.54) is 6.07 Å². The lowest BCUT2D eigenvalue weighted by Gasteiger charge is -2.38. The van der Waals surface area contributed by atoms with Crippen molar-refractivity contribution in [1.29, 1.82) is 0 Å². The van der Waals surface area contributed by atoms with E-state index in [0.29, 0.717) is 0 Å². The quantitative estimate of drug-likeness (QED) is 0.938. The average Bonchev–Trinajstić information content (AvgIpc) is 3.00. The number of nitrogens with zero attached hydrogens (tertiary/aromatic N) is 3. The van der Waals surface area contributed by atoms with Gasteiger partial charge in [0.05, 0.1) is 6.33 Å². The van der Waals surface area contributed by atoms with Crippen LogP contribution in [0, 0.1) is 5.82 Å². The molecule has 0 saturated carbocycles. The van der Waals surface area contributed by atoms with Gasteiger partial charge < -0.3 is 4.98 Å². The van der Waals surface area contributed by atoms with Crippen LogP contribution in [-0.4, -0.2) is 45.9 Å². The van der Waals surface area contributed by atoms with Crippen LogP contribution < -0.4 is 0 Å². The monoisotopic (exact) mass is 288 g/mol. The first kappa shape index (κ1) is 14.2. The SMILES string of the molecule is C[C@@H](c1cccc(F)c1)N1CCN(Cc2cnc[nH]2)CC1. The number of hydrogen-bond acceptors (Lipinski definition) is 3. The van der Waals surface area contributed by atoms with Crippen molar-refractivity contribution in [3.63, 3.8) is 0 Å². The van der Waals surface area contributed by atoms with Crippen molar-refractivity contribution in [3.8, 4) is 0 Å². The maximum atomic E-state index is 13.3. The molecule has 1 aromatic heterocycles. The maximum absolute atomic E-state index is 13.3. The third kappa shape index (κ3) is 3.49. The van der Waals surface area contributed by atoms with Gasteiger partial charge in [0.2, 0.25) is 0 Å². The zero-order chi connectivity index (χ0) is 14.7. The predicted molar refractivity (Wildman–Crippen MR) is 80.3 cm³/mol. The van der Waals surface area contributed by atoms with Gasteiger partial charge >= 0.3 is 0 Å². The van der Waals surface area contributed by atoms with Crippen molar-refractivity contribution in [3.05, 3.63) is 53.9 Å². The number of imidazole rings is 1. The molecule has 0 radical (unpaired) electrons. The Morgan fingerprint density at radius 2 is 2.10 bits per heavy atom. The molecule has 1 atom stereocenters. The van der Waals surface area contributed by atoms with Gasteiger partial charge in [0.1, 0.15) is 5.82 Å². The first-order valence-corrected chi connectivity index (χ1v) is 7.41. The lowest BCUT2D eigenvalue weighted by Crippen LogP contribution is -2.46. The highest BCUT2D eigenvalue weighted by Crippen LogP contribution is 2.22. The molecule has 4 nitrogen and oxygen atoms in total. The molecule has 3 rings (SSSR count). The van der Waals surface area contributed by atoms with Gasteiger partial charge in [-0.1, -0.05) is 12.1 Å². The van der Waals surface area contributed by atoms with E-state index in [4.69, 9.17) is 0 Å². The van der Waals surface area contributed by atoms with E-state index in [0.717, 1.165) is 44.0 Å². The number of nitrogens with one attached hydrogen (secondary N) is 1. The molecule has 1 N–H and O–H groups in total. The summed E-state index contributed by atoms with van der Waals surface area (Å²) in [5, 5.41) is 0. The summed E-state index contributed by atoms with van der Waals surface area (Å²) in [6.07, 6.45) is 3.60. The Kier molecular flexibility index (Phi) is 4.31. The zero-order valence-electron chi connectivity index (χ0n) is 12.3. The largest absolute Gasteiger partial charge is 0.347 e. The number of piperazine rings is 1. The number of hydrogen-bond donors (Lipinski definition) is 1. The van der Waals surface area contributed by atoms with Crippen molar-refractivity contribution in [2.75, 3.05) is 26.2 Å². The van der Waals surface area contributed by atoms with Crippen LogP contribution in [0.4, 0.5) is 4.39 Å². The number of benzene rings is 1. The van der Waals surface area contributed by atoms with Crippen LogP contribution in [0.3, 0.4) is 0 Å². The summed E-state index contributed by atoms with van der Waals surface area (Å²) in [5.74, 6) is -0.155. The Morgan fingerprint density at radius 1 is 1.29 bits per heavy atom. The molecule has 1 aliphatic rings. The molecule has 0 spiro atoms. The second kappa shape index (κ2) is 6.37. The van der Waals surface area contributed by atoms with E-state index in [1.54, 1.807) is 18.5 Å². The fourth-order valence-electron chi connectivity index (χ4n) is 2.90. The van der Waals surface area contributed by atoms with Gasteiger partial charge in [-0.2, -0.15) is 0 Å². The van der Waals surface area contributed by atoms with E-state index >= 15 is 0 Å². The second-order valence-corrected chi connectivity index (χ2v) is 5.62. The van der Waals surface area contributed by atoms with E-state index < -0.39 is 0 Å². The number of halogens is 1. The fraction of sp³-hybridized carbons (Fsp3) is 0.438. The molecule has 112 valence electrons. The summed E-state index contributed by atoms with van der Waals surface area (Å²) in [6.45, 7) is 7.14. The molecule has 21 heavy (non-hydrogen) atoms. The molecule has 0 amide bonds. The molecule has 1 aromatic carbocycles. The molecule has 1 saturated heterocycles. The maximum Gasteiger partial charge on any atom is 0.123 e. The Hall–Kier alpha value is -1.72. The summed E-state index contributed by atoms with van der Waals surface area (Å²) >= 11 is 0. The van der Waals surface area contributed by atoms with Crippen molar-refractivity contribution in [2.45, 2.75) is 19.5 Å². The van der Waals surface area contributed by atoms with Crippen molar-refractivity contribution >= 4 is 0 Å². The lowest BCUT2D eigenvalue weighted by molar-refractivity contribution is 0.0970. The Labute approximate surface area is 124 Å². The van der Waals surface area contributed by atoms with Crippen LogP contribution in [0.25, 0.3) is 0 Å². The lowest BCUT2D eigenvalue weighted by atomic mass is 10.1. The molecule has 0 bridgehead atoms. The minimum absolute atomic E-state index is 0.155. The van der Waals surface area contributed by atoms with Gasteiger partial charge in [0.25, 0.3) is 0 Å². The minimum atomic E-state index is -0.155. The normalized spacial score (nSPS) is 18.8. The third-order valence-corrected chi connectivity index (χ3v) is 4.23. The van der Waals surface area contributed by atoms with Crippen LogP contribution >= 0.6 is 0 Å². The molecule has 2 heterocycles. The highest BCUT2D eigenvalue weighted by molar-refractivity contribution is 5.19. The van der Waals surface area contributed by atoms with E-state index in [1.807, 2.05) is 12.3 Å². The Morgan fingerprint density at radius 3 is 2.76 bits per heavy atom. The average molecular weight is 288 g/mol. The third-order valence-electron chi connectivity index (χ3n) is 4.23. The van der Waals surface area contributed by atoms with Gasteiger partial charge in [-0.3, -0.25) is 9.80 Å². The molecule has 1 aliphatic heterocycles. The van der Waals surface area contributed by atoms with E-state index in [-0.39, 0.29) is 11.9 Å². The van der Waals surface area contributed by atoms with Gasteiger partial charge in [-0.15, -0.1) is 0 Å². The van der Waals surface area contributed by atoms with Gasteiger partial charge in [0, 0.05) is 50.7 Å².